The minimum Gasteiger partial charge on any atom is -0.872 e. The molecule has 0 aliphatic heterocycles. The molecule has 1 radical (unpaired) electrons. The molecule has 37 heavy (non-hydrogen) atoms. The van der Waals surface area contributed by atoms with E-state index < -0.39 is 0 Å². The van der Waals surface area contributed by atoms with Crippen LogP contribution in [-0.2, 0) is 26.7 Å². The molecule has 4 rings (SSSR count). The van der Waals surface area contributed by atoms with E-state index in [0.29, 0.717) is 11.1 Å². The maximum atomic E-state index is 11.2. The first-order valence-corrected chi connectivity index (χ1v) is 11.0. The number of carbonyl (C=O) groups is 2. The average Bonchev–Trinajstić information content (AvgIpc) is 2.92. The van der Waals surface area contributed by atoms with Crippen LogP contribution in [0.1, 0.15) is 25.0 Å². The molecule has 0 spiro atoms. The Hall–Kier alpha value is -4.32. The monoisotopic (exact) mass is 535 g/mol. The topological polar surface area (TPSA) is 106 Å². The summed E-state index contributed by atoms with van der Waals surface area (Å²) < 4.78 is 0. The van der Waals surface area contributed by atoms with Gasteiger partial charge in [0, 0.05) is 24.8 Å². The van der Waals surface area contributed by atoms with Gasteiger partial charge in [-0.3, -0.25) is 19.6 Å². The maximum absolute atomic E-state index is 11.2. The van der Waals surface area contributed by atoms with Crippen molar-refractivity contribution in [1.82, 2.24) is 9.97 Å². The number of pyridine rings is 2. The minimum atomic E-state index is -0.233. The van der Waals surface area contributed by atoms with Gasteiger partial charge in [0.25, 0.3) is 0 Å². The zero-order valence-electron chi connectivity index (χ0n) is 20.6. The molecule has 2 heterocycles. The number of hydrogen-bond acceptors (Lipinski definition) is 6. The third-order valence-corrected chi connectivity index (χ3v) is 3.92. The van der Waals surface area contributed by atoms with Crippen molar-refractivity contribution in [3.05, 3.63) is 145 Å². The summed E-state index contributed by atoms with van der Waals surface area (Å²) in [7, 11) is 0. The van der Waals surface area contributed by atoms with Crippen molar-refractivity contribution in [2.24, 2.45) is 0 Å². The molecule has 0 aliphatic rings. The number of ketones is 2. The molecular weight excluding hydrogens is 507 g/mol. The molecule has 189 valence electrons. The predicted octanol–water partition coefficient (Wildman–Crippen LogP) is 4.11. The second-order valence-corrected chi connectivity index (χ2v) is 7.02. The van der Waals surface area contributed by atoms with Crippen LogP contribution in [-0.4, -0.2) is 21.5 Å². The van der Waals surface area contributed by atoms with E-state index in [1.54, 1.807) is 73.3 Å². The first-order valence-electron chi connectivity index (χ1n) is 11.0. The van der Waals surface area contributed by atoms with Crippen LogP contribution in [0.15, 0.2) is 134 Å². The van der Waals surface area contributed by atoms with Crippen molar-refractivity contribution in [3.63, 3.8) is 0 Å². The number of aromatic nitrogens is 2. The summed E-state index contributed by atoms with van der Waals surface area (Å²) in [4.78, 5) is 28.7. The summed E-state index contributed by atoms with van der Waals surface area (Å²) in [5.41, 5.74) is 1.10. The molecular formula is C30H28MnN2O4. The van der Waals surface area contributed by atoms with Gasteiger partial charge < -0.3 is 10.2 Å². The molecule has 0 bridgehead atoms. The molecule has 0 amide bonds. The Kier molecular flexibility index (Phi) is 18.5. The molecule has 7 heteroatoms. The van der Waals surface area contributed by atoms with E-state index in [2.05, 4.69) is 9.97 Å². The van der Waals surface area contributed by atoms with Crippen molar-refractivity contribution in [2.75, 3.05) is 0 Å². The van der Waals surface area contributed by atoms with Gasteiger partial charge in [0.05, 0.1) is 0 Å². The zero-order valence-corrected chi connectivity index (χ0v) is 21.8. The van der Waals surface area contributed by atoms with Gasteiger partial charge >= 0.3 is 17.1 Å². The van der Waals surface area contributed by atoms with Crippen LogP contribution in [0.4, 0.5) is 0 Å². The van der Waals surface area contributed by atoms with Crippen molar-refractivity contribution in [3.8, 4) is 0 Å². The van der Waals surface area contributed by atoms with Gasteiger partial charge in [0.1, 0.15) is 0 Å². The van der Waals surface area contributed by atoms with E-state index in [0.717, 1.165) is 12.2 Å². The second kappa shape index (κ2) is 21.0. The summed E-state index contributed by atoms with van der Waals surface area (Å²) in [6, 6.07) is 28.9. The van der Waals surface area contributed by atoms with Crippen LogP contribution < -0.4 is 10.2 Å². The van der Waals surface area contributed by atoms with Crippen LogP contribution in [0, 0.1) is 0 Å². The first kappa shape index (κ1) is 32.7. The number of nitrogens with zero attached hydrogens (tertiary/aromatic N) is 2. The van der Waals surface area contributed by atoms with Crippen molar-refractivity contribution in [1.29, 1.82) is 0 Å². The quantitative estimate of drug-likeness (QED) is 0.221. The summed E-state index contributed by atoms with van der Waals surface area (Å²) in [6.07, 6.45) is 9.19. The third-order valence-electron chi connectivity index (χ3n) is 3.92. The Bertz CT molecular complexity index is 1040. The smallest absolute Gasteiger partial charge is 0.872 e. The Labute approximate surface area is 228 Å². The van der Waals surface area contributed by atoms with Crippen LogP contribution in [0.2, 0.25) is 0 Å². The van der Waals surface area contributed by atoms with E-state index >= 15 is 0 Å². The molecule has 0 saturated carbocycles. The van der Waals surface area contributed by atoms with E-state index in [-0.39, 0.29) is 40.2 Å². The van der Waals surface area contributed by atoms with Gasteiger partial charge in [0.2, 0.25) is 0 Å². The summed E-state index contributed by atoms with van der Waals surface area (Å²) in [5, 5.41) is 22.4. The molecule has 0 saturated heterocycles. The Balaban J connectivity index is 0.000000485. The van der Waals surface area contributed by atoms with Crippen LogP contribution >= 0.6 is 0 Å². The molecule has 2 aromatic carbocycles. The fourth-order valence-corrected chi connectivity index (χ4v) is 2.37. The van der Waals surface area contributed by atoms with E-state index in [1.165, 1.54) is 13.8 Å². The molecule has 0 unspecified atom stereocenters. The fraction of sp³-hybridized carbons (Fsp3) is 0.0667. The Morgan fingerprint density at radius 3 is 1.00 bits per heavy atom. The average molecular weight is 536 g/mol. The predicted molar refractivity (Wildman–Crippen MR) is 139 cm³/mol. The first-order chi connectivity index (χ1) is 17.4. The van der Waals surface area contributed by atoms with Gasteiger partial charge in [-0.25, -0.2) is 0 Å². The largest absolute Gasteiger partial charge is 2.00 e. The van der Waals surface area contributed by atoms with Crippen molar-refractivity contribution in [2.45, 2.75) is 13.8 Å². The van der Waals surface area contributed by atoms with Crippen LogP contribution in [0.25, 0.3) is 11.5 Å². The van der Waals surface area contributed by atoms with E-state index in [1.807, 2.05) is 48.5 Å². The normalized spacial score (nSPS) is 9.89. The van der Waals surface area contributed by atoms with Crippen molar-refractivity contribution < 1.29 is 36.9 Å². The number of carbonyl (C=O) groups excluding carboxylic acids is 2. The number of allylic oxidation sites excluding steroid dienone is 2. The van der Waals surface area contributed by atoms with Gasteiger partial charge in [0.15, 0.2) is 11.6 Å². The molecule has 0 fully saturated rings. The van der Waals surface area contributed by atoms with Crippen molar-refractivity contribution >= 4 is 23.1 Å². The maximum Gasteiger partial charge on any atom is 2.00 e. The van der Waals surface area contributed by atoms with E-state index in [4.69, 9.17) is 0 Å². The fourth-order valence-electron chi connectivity index (χ4n) is 2.37. The number of hydrogen-bond donors (Lipinski definition) is 0. The molecule has 0 N–H and O–H groups in total. The summed E-state index contributed by atoms with van der Waals surface area (Å²) >= 11 is 0. The number of rotatable bonds is 4. The molecule has 0 atom stereocenters. The van der Waals surface area contributed by atoms with Crippen LogP contribution in [0.3, 0.4) is 0 Å². The molecule has 2 aromatic heterocycles. The molecule has 4 aromatic rings. The molecule has 6 nitrogen and oxygen atoms in total. The van der Waals surface area contributed by atoms with Gasteiger partial charge in [-0.05, 0) is 61.4 Å². The second-order valence-electron chi connectivity index (χ2n) is 7.02. The Morgan fingerprint density at radius 1 is 0.541 bits per heavy atom. The summed E-state index contributed by atoms with van der Waals surface area (Å²) in [5.74, 6) is -0.904. The standard InChI is InChI=1S/2C10H10O2.2C5H5N.Mn/c2*1-8(11)7-10(12)9-5-3-2-4-6-9;2*1-2-4-6-5-3-1;/h2*2-7,12H,1H3;2*1-5H;/q;;;;+2/p-2/b2*10-7-;;;. The summed E-state index contributed by atoms with van der Waals surface area (Å²) in [6.45, 7) is 2.72. The molecule has 0 aliphatic carbocycles. The Morgan fingerprint density at radius 2 is 0.811 bits per heavy atom. The van der Waals surface area contributed by atoms with Gasteiger partial charge in [-0.2, -0.15) is 0 Å². The third kappa shape index (κ3) is 17.7. The van der Waals surface area contributed by atoms with Crippen LogP contribution in [0.5, 0.6) is 0 Å². The van der Waals surface area contributed by atoms with Gasteiger partial charge in [-0.1, -0.05) is 84.3 Å². The SMILES string of the molecule is CC(=O)/C=C(\[O-])c1ccccc1.CC(=O)/C=C(\[O-])c1ccccc1.[Mn+2].c1ccncc1.c1ccncc1. The van der Waals surface area contributed by atoms with E-state index in [9.17, 15) is 19.8 Å². The minimum absolute atomic E-state index is 0. The van der Waals surface area contributed by atoms with Gasteiger partial charge in [-0.15, -0.1) is 0 Å². The zero-order chi connectivity index (χ0) is 26.4. The number of benzene rings is 2.